The van der Waals surface area contributed by atoms with Crippen LogP contribution >= 0.6 is 0 Å². The summed E-state index contributed by atoms with van der Waals surface area (Å²) in [6, 6.07) is 65.7. The number of para-hydroxylation sites is 1. The zero-order chi connectivity index (χ0) is 32.3. The van der Waals surface area contributed by atoms with Gasteiger partial charge in [-0.15, -0.1) is 0 Å². The van der Waals surface area contributed by atoms with E-state index in [1.54, 1.807) is 0 Å². The van der Waals surface area contributed by atoms with Crippen LogP contribution in [0.5, 0.6) is 0 Å². The first-order valence-electron chi connectivity index (χ1n) is 16.9. The summed E-state index contributed by atoms with van der Waals surface area (Å²) < 4.78 is 6.74. The van der Waals surface area contributed by atoms with Crippen LogP contribution in [0.4, 0.5) is 0 Å². The van der Waals surface area contributed by atoms with E-state index >= 15 is 0 Å². The Labute approximate surface area is 284 Å². The maximum atomic E-state index is 6.74. The molecule has 228 valence electrons. The van der Waals surface area contributed by atoms with Gasteiger partial charge in [-0.1, -0.05) is 170 Å². The van der Waals surface area contributed by atoms with E-state index in [4.69, 9.17) is 4.42 Å². The third-order valence-corrected chi connectivity index (χ3v) is 10.1. The van der Waals surface area contributed by atoms with Crippen molar-refractivity contribution in [2.24, 2.45) is 0 Å². The second-order valence-electron chi connectivity index (χ2n) is 12.8. The Kier molecular flexibility index (Phi) is 6.25. The molecule has 0 fully saturated rings. The van der Waals surface area contributed by atoms with E-state index in [1.807, 2.05) is 0 Å². The predicted octanol–water partition coefficient (Wildman–Crippen LogP) is 13.7. The molecule has 0 aliphatic heterocycles. The fourth-order valence-corrected chi connectivity index (χ4v) is 7.93. The molecular formula is C48H30O. The summed E-state index contributed by atoms with van der Waals surface area (Å²) >= 11 is 0. The lowest BCUT2D eigenvalue weighted by Gasteiger charge is -2.19. The Bertz CT molecular complexity index is 2850. The predicted molar refractivity (Wildman–Crippen MR) is 208 cm³/mol. The minimum absolute atomic E-state index is 0.896. The number of fused-ring (bicyclic) bond motifs is 6. The molecule has 9 aromatic carbocycles. The van der Waals surface area contributed by atoms with Gasteiger partial charge in [-0.2, -0.15) is 0 Å². The molecule has 0 bridgehead atoms. The van der Waals surface area contributed by atoms with E-state index in [0.717, 1.165) is 33.1 Å². The zero-order valence-corrected chi connectivity index (χ0v) is 26.7. The monoisotopic (exact) mass is 622 g/mol. The summed E-state index contributed by atoms with van der Waals surface area (Å²) in [4.78, 5) is 0. The van der Waals surface area contributed by atoms with Crippen LogP contribution in [-0.2, 0) is 0 Å². The summed E-state index contributed by atoms with van der Waals surface area (Å²) in [6.07, 6.45) is 0. The average molecular weight is 623 g/mol. The second kappa shape index (κ2) is 11.1. The van der Waals surface area contributed by atoms with E-state index in [9.17, 15) is 0 Å². The smallest absolute Gasteiger partial charge is 0.143 e. The van der Waals surface area contributed by atoms with Crippen molar-refractivity contribution in [1.29, 1.82) is 0 Å². The molecule has 1 heteroatoms. The normalized spacial score (nSPS) is 11.7. The SMILES string of the molecule is c1ccc(-c2c3ccccc3c(-c3cccc4oc5c(-c6ccccc6)cccc5c34)c3ccc(-c4cccc5ccccc45)cc23)cc1. The third kappa shape index (κ3) is 4.33. The molecule has 0 radical (unpaired) electrons. The Hall–Kier alpha value is -6.44. The van der Waals surface area contributed by atoms with E-state index in [0.29, 0.717) is 0 Å². The Balaban J connectivity index is 1.34. The van der Waals surface area contributed by atoms with Gasteiger partial charge < -0.3 is 4.42 Å². The molecule has 10 aromatic rings. The summed E-state index contributed by atoms with van der Waals surface area (Å²) in [7, 11) is 0. The fourth-order valence-electron chi connectivity index (χ4n) is 7.93. The highest BCUT2D eigenvalue weighted by atomic mass is 16.3. The summed E-state index contributed by atoms with van der Waals surface area (Å²) in [5.74, 6) is 0. The van der Waals surface area contributed by atoms with Crippen LogP contribution in [0.1, 0.15) is 0 Å². The quantitative estimate of drug-likeness (QED) is 0.178. The fraction of sp³-hybridized carbons (Fsp3) is 0. The number of hydrogen-bond donors (Lipinski definition) is 0. The van der Waals surface area contributed by atoms with Crippen LogP contribution < -0.4 is 0 Å². The van der Waals surface area contributed by atoms with E-state index in [1.165, 1.54) is 65.7 Å². The molecule has 0 N–H and O–H groups in total. The van der Waals surface area contributed by atoms with Gasteiger partial charge >= 0.3 is 0 Å². The van der Waals surface area contributed by atoms with Gasteiger partial charge in [0.05, 0.1) is 0 Å². The molecule has 1 aromatic heterocycles. The second-order valence-corrected chi connectivity index (χ2v) is 12.8. The van der Waals surface area contributed by atoms with E-state index in [2.05, 4.69) is 182 Å². The highest BCUT2D eigenvalue weighted by Crippen LogP contribution is 2.48. The molecule has 0 saturated carbocycles. The van der Waals surface area contributed by atoms with Crippen LogP contribution in [0, 0.1) is 0 Å². The molecule has 0 saturated heterocycles. The van der Waals surface area contributed by atoms with Crippen LogP contribution in [0.25, 0.3) is 98.8 Å². The Morgan fingerprint density at radius 1 is 0.306 bits per heavy atom. The largest absolute Gasteiger partial charge is 0.455 e. The van der Waals surface area contributed by atoms with Crippen LogP contribution in [0.15, 0.2) is 186 Å². The van der Waals surface area contributed by atoms with Crippen molar-refractivity contribution in [3.8, 4) is 44.5 Å². The Morgan fingerprint density at radius 2 is 0.878 bits per heavy atom. The maximum Gasteiger partial charge on any atom is 0.143 e. The molecule has 1 nitrogen and oxygen atoms in total. The molecule has 0 spiro atoms. The molecule has 0 unspecified atom stereocenters. The number of benzene rings is 9. The molecule has 0 aliphatic carbocycles. The molecule has 0 atom stereocenters. The lowest BCUT2D eigenvalue weighted by molar-refractivity contribution is 0.670. The third-order valence-electron chi connectivity index (χ3n) is 10.1. The van der Waals surface area contributed by atoms with Crippen molar-refractivity contribution in [1.82, 2.24) is 0 Å². The molecule has 1 heterocycles. The van der Waals surface area contributed by atoms with Crippen molar-refractivity contribution in [2.45, 2.75) is 0 Å². The van der Waals surface area contributed by atoms with Crippen LogP contribution in [0.3, 0.4) is 0 Å². The van der Waals surface area contributed by atoms with E-state index < -0.39 is 0 Å². The average Bonchev–Trinajstić information content (AvgIpc) is 3.57. The summed E-state index contributed by atoms with van der Waals surface area (Å²) in [6.45, 7) is 0. The van der Waals surface area contributed by atoms with Crippen molar-refractivity contribution in [3.63, 3.8) is 0 Å². The van der Waals surface area contributed by atoms with Crippen molar-refractivity contribution in [2.75, 3.05) is 0 Å². The van der Waals surface area contributed by atoms with Gasteiger partial charge in [0.2, 0.25) is 0 Å². The lowest BCUT2D eigenvalue weighted by Crippen LogP contribution is -1.92. The van der Waals surface area contributed by atoms with E-state index in [-0.39, 0.29) is 0 Å². The first-order chi connectivity index (χ1) is 24.3. The van der Waals surface area contributed by atoms with Crippen LogP contribution in [-0.4, -0.2) is 0 Å². The summed E-state index contributed by atoms with van der Waals surface area (Å²) in [5, 5.41) is 9.71. The first kappa shape index (κ1) is 27.7. The number of furan rings is 1. The van der Waals surface area contributed by atoms with Gasteiger partial charge in [-0.05, 0) is 83.4 Å². The molecule has 0 amide bonds. The van der Waals surface area contributed by atoms with Crippen molar-refractivity contribution >= 4 is 54.3 Å². The van der Waals surface area contributed by atoms with Gasteiger partial charge in [0.1, 0.15) is 11.2 Å². The van der Waals surface area contributed by atoms with Crippen molar-refractivity contribution < 1.29 is 4.42 Å². The van der Waals surface area contributed by atoms with Crippen molar-refractivity contribution in [3.05, 3.63) is 182 Å². The number of hydrogen-bond acceptors (Lipinski definition) is 1. The first-order valence-corrected chi connectivity index (χ1v) is 16.9. The minimum atomic E-state index is 0.896. The van der Waals surface area contributed by atoms with Gasteiger partial charge in [0, 0.05) is 16.3 Å². The highest BCUT2D eigenvalue weighted by Gasteiger charge is 2.22. The van der Waals surface area contributed by atoms with Gasteiger partial charge in [-0.3, -0.25) is 0 Å². The molecular weight excluding hydrogens is 593 g/mol. The lowest BCUT2D eigenvalue weighted by atomic mass is 9.83. The van der Waals surface area contributed by atoms with Gasteiger partial charge in [0.25, 0.3) is 0 Å². The summed E-state index contributed by atoms with van der Waals surface area (Å²) in [5.41, 5.74) is 11.4. The van der Waals surface area contributed by atoms with Crippen LogP contribution in [0.2, 0.25) is 0 Å². The highest BCUT2D eigenvalue weighted by molar-refractivity contribution is 6.26. The molecule has 49 heavy (non-hydrogen) atoms. The zero-order valence-electron chi connectivity index (χ0n) is 26.7. The minimum Gasteiger partial charge on any atom is -0.455 e. The molecule has 0 aliphatic rings. The maximum absolute atomic E-state index is 6.74. The molecule has 10 rings (SSSR count). The number of rotatable bonds is 4. The van der Waals surface area contributed by atoms with Gasteiger partial charge in [-0.25, -0.2) is 0 Å². The topological polar surface area (TPSA) is 13.1 Å². The van der Waals surface area contributed by atoms with Gasteiger partial charge in [0.15, 0.2) is 0 Å². The standard InChI is InChI=1S/C48H30O/c1-3-14-32(15-4-1)37-24-12-26-42-47-41(25-13-27-44(47)49-48(37)42)46-39-22-10-9-21-38(39)45(33-17-5-2-6-18-33)43-30-34(28-29-40(43)46)36-23-11-19-31-16-7-8-20-35(31)36/h1-30H. The Morgan fingerprint density at radius 3 is 1.69 bits per heavy atom.